The lowest BCUT2D eigenvalue weighted by atomic mass is 10.2. The summed E-state index contributed by atoms with van der Waals surface area (Å²) in [6.07, 6.45) is 1.56. The number of carbonyl (C=O) groups is 1. The van der Waals surface area contributed by atoms with Gasteiger partial charge < -0.3 is 5.32 Å². The number of hydrogen-bond donors (Lipinski definition) is 1. The molecule has 0 radical (unpaired) electrons. The third-order valence-electron chi connectivity index (χ3n) is 2.57. The van der Waals surface area contributed by atoms with Crippen molar-refractivity contribution >= 4 is 22.4 Å². The Morgan fingerprint density at radius 1 is 1.11 bits per heavy atom. The fourth-order valence-corrected chi connectivity index (χ4v) is 2.07. The van der Waals surface area contributed by atoms with Gasteiger partial charge in [0.05, 0.1) is 5.69 Å². The zero-order valence-electron chi connectivity index (χ0n) is 10.2. The minimum absolute atomic E-state index is 0.135. The molecule has 1 N–H and O–H groups in total. The summed E-state index contributed by atoms with van der Waals surface area (Å²) in [5.74, 6) is -0.888. The van der Waals surface area contributed by atoms with Crippen molar-refractivity contribution < 1.29 is 13.4 Å². The number of halogens is 1. The quantitative estimate of drug-likeness (QED) is 0.937. The maximum absolute atomic E-state index is 13.4. The topological polar surface area (TPSA) is 46.2 Å². The van der Waals surface area contributed by atoms with Crippen LogP contribution < -0.4 is 5.32 Å². The zero-order valence-corrected chi connectivity index (χ0v) is 11.0. The largest absolute Gasteiger partial charge is 0.319 e. The van der Waals surface area contributed by atoms with Crippen molar-refractivity contribution in [2.45, 2.75) is 4.90 Å². The fraction of sp³-hybridized carbons (Fsp3) is 0.0714. The highest BCUT2D eigenvalue weighted by Crippen LogP contribution is 2.14. The predicted molar refractivity (Wildman–Crippen MR) is 73.1 cm³/mol. The van der Waals surface area contributed by atoms with Crippen LogP contribution in [0.4, 0.5) is 10.1 Å². The molecule has 19 heavy (non-hydrogen) atoms. The molecule has 5 heteroatoms. The first-order chi connectivity index (χ1) is 9.08. The molecule has 98 valence electrons. The van der Waals surface area contributed by atoms with Crippen molar-refractivity contribution in [2.24, 2.45) is 0 Å². The van der Waals surface area contributed by atoms with E-state index in [1.54, 1.807) is 42.7 Å². The molecule has 0 aliphatic rings. The first-order valence-electron chi connectivity index (χ1n) is 5.57. The van der Waals surface area contributed by atoms with Crippen LogP contribution in [-0.2, 0) is 10.8 Å². The average molecular weight is 277 g/mol. The molecule has 0 bridgehead atoms. The van der Waals surface area contributed by atoms with Crippen molar-refractivity contribution in [3.63, 3.8) is 0 Å². The summed E-state index contributed by atoms with van der Waals surface area (Å²) < 4.78 is 24.6. The lowest BCUT2D eigenvalue weighted by Crippen LogP contribution is -2.12. The summed E-state index contributed by atoms with van der Waals surface area (Å²) in [6.45, 7) is 0. The third kappa shape index (κ3) is 3.26. The highest BCUT2D eigenvalue weighted by atomic mass is 32.2. The maximum atomic E-state index is 13.4. The zero-order chi connectivity index (χ0) is 13.8. The van der Waals surface area contributed by atoms with E-state index in [0.29, 0.717) is 10.5 Å². The molecule has 0 saturated heterocycles. The minimum Gasteiger partial charge on any atom is -0.319 e. The van der Waals surface area contributed by atoms with Crippen molar-refractivity contribution in [3.05, 3.63) is 59.9 Å². The molecule has 2 aromatic rings. The summed E-state index contributed by atoms with van der Waals surface area (Å²) in [5, 5.41) is 2.49. The van der Waals surface area contributed by atoms with Crippen LogP contribution in [-0.4, -0.2) is 16.4 Å². The molecule has 1 atom stereocenters. The standard InChI is InChI=1S/C14H12FNO2S/c1-19(18)11-8-6-10(7-9-11)14(17)16-13-5-3-2-4-12(13)15/h2-9H,1H3,(H,16,17). The Morgan fingerprint density at radius 3 is 2.32 bits per heavy atom. The fourth-order valence-electron chi connectivity index (χ4n) is 1.56. The SMILES string of the molecule is CS(=O)c1ccc(C(=O)Nc2ccccc2F)cc1. The molecule has 1 unspecified atom stereocenters. The summed E-state index contributed by atoms with van der Waals surface area (Å²) in [5.41, 5.74) is 0.521. The van der Waals surface area contributed by atoms with Gasteiger partial charge >= 0.3 is 0 Å². The Morgan fingerprint density at radius 2 is 1.74 bits per heavy atom. The van der Waals surface area contributed by atoms with E-state index in [0.717, 1.165) is 0 Å². The van der Waals surface area contributed by atoms with Crippen molar-refractivity contribution in [1.82, 2.24) is 0 Å². The van der Waals surface area contributed by atoms with Crippen LogP contribution in [0, 0.1) is 5.82 Å². The van der Waals surface area contributed by atoms with Crippen LogP contribution in [0.2, 0.25) is 0 Å². The molecule has 2 aromatic carbocycles. The van der Waals surface area contributed by atoms with E-state index in [4.69, 9.17) is 0 Å². The molecule has 0 aromatic heterocycles. The lowest BCUT2D eigenvalue weighted by molar-refractivity contribution is 0.102. The van der Waals surface area contributed by atoms with Crippen molar-refractivity contribution in [3.8, 4) is 0 Å². The first-order valence-corrected chi connectivity index (χ1v) is 7.13. The van der Waals surface area contributed by atoms with Gasteiger partial charge in [0.2, 0.25) is 0 Å². The van der Waals surface area contributed by atoms with E-state index in [-0.39, 0.29) is 5.69 Å². The number of para-hydroxylation sites is 1. The normalized spacial score (nSPS) is 11.9. The number of rotatable bonds is 3. The summed E-state index contributed by atoms with van der Waals surface area (Å²) in [7, 11) is -1.08. The van der Waals surface area contributed by atoms with Gasteiger partial charge in [-0.15, -0.1) is 0 Å². The summed E-state index contributed by atoms with van der Waals surface area (Å²) in [4.78, 5) is 12.5. The number of amides is 1. The lowest BCUT2D eigenvalue weighted by Gasteiger charge is -2.06. The Hall–Kier alpha value is -2.01. The van der Waals surface area contributed by atoms with E-state index in [9.17, 15) is 13.4 Å². The van der Waals surface area contributed by atoms with Gasteiger partial charge in [0, 0.05) is 27.5 Å². The molecule has 1 amide bonds. The first kappa shape index (κ1) is 13.4. The van der Waals surface area contributed by atoms with Gasteiger partial charge in [-0.2, -0.15) is 0 Å². The Labute approximate surface area is 112 Å². The molecule has 2 rings (SSSR count). The Kier molecular flexibility index (Phi) is 4.06. The maximum Gasteiger partial charge on any atom is 0.255 e. The van der Waals surface area contributed by atoms with Crippen LogP contribution in [0.3, 0.4) is 0 Å². The van der Waals surface area contributed by atoms with Gasteiger partial charge in [-0.25, -0.2) is 4.39 Å². The van der Waals surface area contributed by atoms with E-state index >= 15 is 0 Å². The van der Waals surface area contributed by atoms with Gasteiger partial charge in [-0.05, 0) is 36.4 Å². The molecular formula is C14H12FNO2S. The van der Waals surface area contributed by atoms with Crippen LogP contribution in [0.1, 0.15) is 10.4 Å². The predicted octanol–water partition coefficient (Wildman–Crippen LogP) is 2.82. The Bertz CT molecular complexity index is 626. The molecule has 3 nitrogen and oxygen atoms in total. The second kappa shape index (κ2) is 5.75. The van der Waals surface area contributed by atoms with Gasteiger partial charge in [-0.1, -0.05) is 12.1 Å². The van der Waals surface area contributed by atoms with Gasteiger partial charge in [0.25, 0.3) is 5.91 Å². The number of nitrogens with one attached hydrogen (secondary N) is 1. The second-order valence-corrected chi connectivity index (χ2v) is 5.29. The average Bonchev–Trinajstić information content (AvgIpc) is 2.41. The molecule has 0 saturated carbocycles. The molecule has 0 heterocycles. The van der Waals surface area contributed by atoms with Gasteiger partial charge in [0.1, 0.15) is 5.82 Å². The minimum atomic E-state index is -1.08. The molecular weight excluding hydrogens is 265 g/mol. The van der Waals surface area contributed by atoms with Crippen LogP contribution in [0.5, 0.6) is 0 Å². The second-order valence-electron chi connectivity index (χ2n) is 3.91. The summed E-state index contributed by atoms with van der Waals surface area (Å²) in [6, 6.07) is 12.3. The van der Waals surface area contributed by atoms with E-state index < -0.39 is 22.5 Å². The van der Waals surface area contributed by atoms with Crippen LogP contribution >= 0.6 is 0 Å². The number of anilines is 1. The highest BCUT2D eigenvalue weighted by molar-refractivity contribution is 7.84. The number of carbonyl (C=O) groups excluding carboxylic acids is 1. The van der Waals surface area contributed by atoms with Gasteiger partial charge in [-0.3, -0.25) is 9.00 Å². The summed E-state index contributed by atoms with van der Waals surface area (Å²) >= 11 is 0. The smallest absolute Gasteiger partial charge is 0.255 e. The Balaban J connectivity index is 2.16. The molecule has 0 aliphatic heterocycles. The van der Waals surface area contributed by atoms with Crippen LogP contribution in [0.15, 0.2) is 53.4 Å². The van der Waals surface area contributed by atoms with E-state index in [1.165, 1.54) is 12.1 Å². The van der Waals surface area contributed by atoms with Crippen molar-refractivity contribution in [2.75, 3.05) is 11.6 Å². The van der Waals surface area contributed by atoms with E-state index in [1.807, 2.05) is 0 Å². The molecule has 0 spiro atoms. The third-order valence-corrected chi connectivity index (χ3v) is 3.51. The molecule has 0 aliphatic carbocycles. The van der Waals surface area contributed by atoms with E-state index in [2.05, 4.69) is 5.32 Å². The van der Waals surface area contributed by atoms with Gasteiger partial charge in [0.15, 0.2) is 0 Å². The number of hydrogen-bond acceptors (Lipinski definition) is 2. The van der Waals surface area contributed by atoms with Crippen molar-refractivity contribution in [1.29, 1.82) is 0 Å². The molecule has 0 fully saturated rings. The number of benzene rings is 2. The van der Waals surface area contributed by atoms with Crippen LogP contribution in [0.25, 0.3) is 0 Å². The monoisotopic (exact) mass is 277 g/mol. The highest BCUT2D eigenvalue weighted by Gasteiger charge is 2.09.